The Kier molecular flexibility index (Phi) is 6.03. The number of imidazole rings is 1. The first-order chi connectivity index (χ1) is 16.6. The summed E-state index contributed by atoms with van der Waals surface area (Å²) in [5.41, 5.74) is -4.99. The number of amides is 3. The Labute approximate surface area is 196 Å². The SMILES string of the molecule is CCCCn1c(=O)[nH]c(=O)c2c1nc(CN1C(=O)NC(c3ccccc3)(C(F)(F)F)C1=O)n2CC. The number of aromatic nitrogens is 4. The van der Waals surface area contributed by atoms with E-state index in [9.17, 15) is 32.3 Å². The van der Waals surface area contributed by atoms with Crippen LogP contribution in [0.5, 0.6) is 0 Å². The van der Waals surface area contributed by atoms with Gasteiger partial charge in [-0.15, -0.1) is 0 Å². The summed E-state index contributed by atoms with van der Waals surface area (Å²) in [5.74, 6) is -1.51. The molecule has 3 aromatic rings. The van der Waals surface area contributed by atoms with Crippen molar-refractivity contribution in [3.05, 3.63) is 62.6 Å². The van der Waals surface area contributed by atoms with Gasteiger partial charge in [0.1, 0.15) is 5.82 Å². The smallest absolute Gasteiger partial charge is 0.321 e. The van der Waals surface area contributed by atoms with E-state index >= 15 is 0 Å². The third-order valence-corrected chi connectivity index (χ3v) is 6.05. The van der Waals surface area contributed by atoms with Crippen molar-refractivity contribution in [1.82, 2.24) is 29.3 Å². The molecule has 2 aromatic heterocycles. The Morgan fingerprint density at radius 2 is 1.71 bits per heavy atom. The number of fused-ring (bicyclic) bond motifs is 1. The molecule has 0 radical (unpaired) electrons. The van der Waals surface area contributed by atoms with Gasteiger partial charge in [-0.25, -0.2) is 14.6 Å². The predicted octanol–water partition coefficient (Wildman–Crippen LogP) is 2.22. The van der Waals surface area contributed by atoms with Crippen LogP contribution in [0.3, 0.4) is 0 Å². The second kappa shape index (κ2) is 8.71. The maximum atomic E-state index is 14.3. The fraction of sp³-hybridized carbons (Fsp3) is 0.409. The zero-order valence-corrected chi connectivity index (χ0v) is 19.0. The Balaban J connectivity index is 1.83. The van der Waals surface area contributed by atoms with Crippen LogP contribution in [0, 0.1) is 0 Å². The summed E-state index contributed by atoms with van der Waals surface area (Å²) >= 11 is 0. The highest BCUT2D eigenvalue weighted by Crippen LogP contribution is 2.43. The second-order valence-corrected chi connectivity index (χ2v) is 8.14. The molecule has 35 heavy (non-hydrogen) atoms. The van der Waals surface area contributed by atoms with E-state index in [1.807, 2.05) is 12.2 Å². The monoisotopic (exact) mass is 492 g/mol. The minimum atomic E-state index is -5.13. The van der Waals surface area contributed by atoms with Gasteiger partial charge in [0.15, 0.2) is 11.2 Å². The molecule has 4 rings (SSSR count). The van der Waals surface area contributed by atoms with E-state index in [1.165, 1.54) is 27.3 Å². The fourth-order valence-corrected chi connectivity index (χ4v) is 4.30. The van der Waals surface area contributed by atoms with E-state index < -0.39 is 47.0 Å². The number of nitrogens with one attached hydrogen (secondary N) is 2. The highest BCUT2D eigenvalue weighted by Gasteiger charge is 2.68. The summed E-state index contributed by atoms with van der Waals surface area (Å²) in [5, 5.41) is 1.83. The molecule has 1 aliphatic heterocycles. The molecule has 0 bridgehead atoms. The van der Waals surface area contributed by atoms with Gasteiger partial charge in [-0.05, 0) is 18.9 Å². The molecule has 3 heterocycles. The summed E-state index contributed by atoms with van der Waals surface area (Å²) in [6.45, 7) is 3.38. The van der Waals surface area contributed by atoms with Crippen LogP contribution in [0.2, 0.25) is 0 Å². The summed E-state index contributed by atoms with van der Waals surface area (Å²) in [7, 11) is 0. The molecule has 13 heteroatoms. The minimum Gasteiger partial charge on any atom is -0.321 e. The molecular formula is C22H23F3N6O4. The number of carbonyl (C=O) groups is 2. The molecule has 1 aromatic carbocycles. The summed E-state index contributed by atoms with van der Waals surface area (Å²) in [6, 6.07) is 5.14. The molecule has 10 nitrogen and oxygen atoms in total. The standard InChI is InChI=1S/C22H23F3N6O4/c1-3-5-11-30-16-15(17(32)27-19(30)34)29(4-2)14(26-16)12-31-18(33)21(22(23,24)25,28-20(31)35)13-9-7-6-8-10-13/h6-10H,3-5,11-12H2,1-2H3,(H,28,35)(H,27,32,34). The normalized spacial score (nSPS) is 18.5. The maximum absolute atomic E-state index is 14.3. The van der Waals surface area contributed by atoms with Gasteiger partial charge in [0.25, 0.3) is 11.5 Å². The lowest BCUT2D eigenvalue weighted by Crippen LogP contribution is -2.55. The van der Waals surface area contributed by atoms with E-state index in [0.717, 1.165) is 18.6 Å². The number of alkyl halides is 3. The van der Waals surface area contributed by atoms with Gasteiger partial charge in [-0.1, -0.05) is 43.7 Å². The largest absolute Gasteiger partial charge is 0.425 e. The fourth-order valence-electron chi connectivity index (χ4n) is 4.30. The number of H-pyrrole nitrogens is 1. The number of rotatable bonds is 7. The molecule has 1 saturated heterocycles. The van der Waals surface area contributed by atoms with Gasteiger partial charge >= 0.3 is 17.9 Å². The zero-order chi connectivity index (χ0) is 25.5. The number of benzene rings is 1. The number of hydrogen-bond acceptors (Lipinski definition) is 5. The van der Waals surface area contributed by atoms with Crippen molar-refractivity contribution < 1.29 is 22.8 Å². The van der Waals surface area contributed by atoms with Crippen molar-refractivity contribution in [2.75, 3.05) is 0 Å². The van der Waals surface area contributed by atoms with Crippen LogP contribution < -0.4 is 16.6 Å². The van der Waals surface area contributed by atoms with Crippen molar-refractivity contribution in [1.29, 1.82) is 0 Å². The van der Waals surface area contributed by atoms with Crippen LogP contribution in [0.4, 0.5) is 18.0 Å². The third-order valence-electron chi connectivity index (χ3n) is 6.05. The van der Waals surface area contributed by atoms with Gasteiger partial charge < -0.3 is 9.88 Å². The number of aromatic amines is 1. The average Bonchev–Trinajstić information content (AvgIpc) is 3.30. The molecule has 3 amide bonds. The molecular weight excluding hydrogens is 469 g/mol. The lowest BCUT2D eigenvalue weighted by Gasteiger charge is -2.29. The first kappa shape index (κ1) is 24.2. The number of halogens is 3. The van der Waals surface area contributed by atoms with Crippen molar-refractivity contribution in [2.45, 2.75) is 58.0 Å². The highest BCUT2D eigenvalue weighted by atomic mass is 19.4. The van der Waals surface area contributed by atoms with Gasteiger partial charge in [0.05, 0.1) is 6.54 Å². The van der Waals surface area contributed by atoms with Gasteiger partial charge in [-0.3, -0.25) is 24.0 Å². The Bertz CT molecular complexity index is 1410. The number of hydrogen-bond donors (Lipinski definition) is 2. The van der Waals surface area contributed by atoms with E-state index in [1.54, 1.807) is 6.92 Å². The van der Waals surface area contributed by atoms with E-state index in [0.29, 0.717) is 11.3 Å². The molecule has 1 atom stereocenters. The van der Waals surface area contributed by atoms with Crippen molar-refractivity contribution in [3.63, 3.8) is 0 Å². The Morgan fingerprint density at radius 1 is 1.03 bits per heavy atom. The molecule has 186 valence electrons. The highest BCUT2D eigenvalue weighted by molar-refractivity contribution is 6.08. The number of unbranched alkanes of at least 4 members (excludes halogenated alkanes) is 1. The van der Waals surface area contributed by atoms with Crippen LogP contribution in [0.25, 0.3) is 11.2 Å². The van der Waals surface area contributed by atoms with Gasteiger partial charge in [0.2, 0.25) is 5.54 Å². The first-order valence-corrected chi connectivity index (χ1v) is 11.0. The van der Waals surface area contributed by atoms with Crippen LogP contribution in [-0.4, -0.2) is 42.1 Å². The Hall–Kier alpha value is -3.90. The molecule has 0 spiro atoms. The topological polar surface area (TPSA) is 122 Å². The van der Waals surface area contributed by atoms with Crippen molar-refractivity contribution >= 4 is 23.1 Å². The average molecular weight is 492 g/mol. The lowest BCUT2D eigenvalue weighted by molar-refractivity contribution is -0.198. The quantitative estimate of drug-likeness (QED) is 0.490. The van der Waals surface area contributed by atoms with Gasteiger partial charge in [0, 0.05) is 13.1 Å². The van der Waals surface area contributed by atoms with E-state index in [-0.39, 0.29) is 30.1 Å². The van der Waals surface area contributed by atoms with Gasteiger partial charge in [-0.2, -0.15) is 13.2 Å². The predicted molar refractivity (Wildman–Crippen MR) is 118 cm³/mol. The first-order valence-electron chi connectivity index (χ1n) is 11.0. The molecule has 2 N–H and O–H groups in total. The van der Waals surface area contributed by atoms with Crippen LogP contribution in [-0.2, 0) is 30.0 Å². The van der Waals surface area contributed by atoms with Crippen molar-refractivity contribution in [3.8, 4) is 0 Å². The zero-order valence-electron chi connectivity index (χ0n) is 19.0. The molecule has 0 aliphatic carbocycles. The second-order valence-electron chi connectivity index (χ2n) is 8.14. The maximum Gasteiger partial charge on any atom is 0.425 e. The van der Waals surface area contributed by atoms with E-state index in [2.05, 4.69) is 9.97 Å². The van der Waals surface area contributed by atoms with Crippen LogP contribution >= 0.6 is 0 Å². The number of urea groups is 1. The third kappa shape index (κ3) is 3.70. The summed E-state index contributed by atoms with van der Waals surface area (Å²) in [4.78, 5) is 57.8. The Morgan fingerprint density at radius 3 is 2.31 bits per heavy atom. The van der Waals surface area contributed by atoms with Crippen LogP contribution in [0.1, 0.15) is 38.1 Å². The minimum absolute atomic E-state index is 0.00150. The molecule has 0 saturated carbocycles. The molecule has 1 aliphatic rings. The number of nitrogens with zero attached hydrogens (tertiary/aromatic N) is 4. The number of carbonyl (C=O) groups excluding carboxylic acids is 2. The van der Waals surface area contributed by atoms with Crippen LogP contribution in [0.15, 0.2) is 39.9 Å². The number of aryl methyl sites for hydroxylation is 2. The number of imide groups is 1. The molecule has 1 fully saturated rings. The summed E-state index contributed by atoms with van der Waals surface area (Å²) in [6.07, 6.45) is -3.75. The van der Waals surface area contributed by atoms with E-state index in [4.69, 9.17) is 0 Å². The molecule has 1 unspecified atom stereocenters. The summed E-state index contributed by atoms with van der Waals surface area (Å²) < 4.78 is 45.4. The lowest BCUT2D eigenvalue weighted by atomic mass is 9.89. The van der Waals surface area contributed by atoms with Crippen molar-refractivity contribution in [2.24, 2.45) is 0 Å².